The van der Waals surface area contributed by atoms with Gasteiger partial charge in [0.1, 0.15) is 0 Å². The minimum Gasteiger partial charge on any atom is -0.327 e. The Balaban J connectivity index is 2.62. The predicted molar refractivity (Wildman–Crippen MR) is 70.9 cm³/mol. The van der Waals surface area contributed by atoms with E-state index in [4.69, 9.17) is 5.73 Å². The average molecular weight is 239 g/mol. The van der Waals surface area contributed by atoms with E-state index in [2.05, 4.69) is 32.0 Å². The lowest BCUT2D eigenvalue weighted by Gasteiger charge is -2.09. The molecule has 0 amide bonds. The predicted octanol–water partition coefficient (Wildman–Crippen LogP) is 2.29. The molecule has 1 rings (SSSR count). The van der Waals surface area contributed by atoms with Crippen LogP contribution in [0.2, 0.25) is 0 Å². The summed E-state index contributed by atoms with van der Waals surface area (Å²) < 4.78 is 11.8. The third-order valence-corrected chi connectivity index (χ3v) is 3.99. The van der Waals surface area contributed by atoms with Crippen LogP contribution in [0.1, 0.15) is 30.0 Å². The van der Waals surface area contributed by atoms with Gasteiger partial charge in [0.25, 0.3) is 0 Å². The third-order valence-electron chi connectivity index (χ3n) is 2.53. The summed E-state index contributed by atoms with van der Waals surface area (Å²) in [5, 5.41) is 0. The summed E-state index contributed by atoms with van der Waals surface area (Å²) in [6.07, 6.45) is 0.887. The highest BCUT2D eigenvalue weighted by Gasteiger charge is 2.07. The van der Waals surface area contributed by atoms with Gasteiger partial charge in [0.2, 0.25) is 0 Å². The maximum Gasteiger partial charge on any atom is 0.0486 e. The molecule has 2 nitrogen and oxygen atoms in total. The van der Waals surface area contributed by atoms with Gasteiger partial charge in [-0.15, -0.1) is 0 Å². The highest BCUT2D eigenvalue weighted by atomic mass is 32.2. The maximum atomic E-state index is 11.8. The second-order valence-corrected chi connectivity index (χ2v) is 5.92. The molecule has 2 atom stereocenters. The summed E-state index contributed by atoms with van der Waals surface area (Å²) in [6.45, 7) is 6.16. The summed E-state index contributed by atoms with van der Waals surface area (Å²) >= 11 is 0. The molecule has 0 fully saturated rings. The highest BCUT2D eigenvalue weighted by molar-refractivity contribution is 7.84. The molecule has 1 aromatic carbocycles. The number of rotatable bonds is 5. The fraction of sp³-hybridized carbons (Fsp3) is 0.538. The van der Waals surface area contributed by atoms with E-state index in [9.17, 15) is 4.21 Å². The second kappa shape index (κ2) is 6.16. The van der Waals surface area contributed by atoms with Crippen molar-refractivity contribution in [1.29, 1.82) is 0 Å². The lowest BCUT2D eigenvalue weighted by molar-refractivity contribution is 0.663. The largest absolute Gasteiger partial charge is 0.327 e. The van der Waals surface area contributed by atoms with Crippen LogP contribution in [-0.2, 0) is 16.6 Å². The van der Waals surface area contributed by atoms with Crippen molar-refractivity contribution in [2.24, 2.45) is 5.73 Å². The van der Waals surface area contributed by atoms with Crippen LogP contribution in [0.25, 0.3) is 0 Å². The van der Waals surface area contributed by atoms with Crippen LogP contribution in [0.3, 0.4) is 0 Å². The third kappa shape index (κ3) is 4.45. The van der Waals surface area contributed by atoms with Gasteiger partial charge >= 0.3 is 0 Å². The number of benzene rings is 1. The zero-order valence-corrected chi connectivity index (χ0v) is 11.1. The van der Waals surface area contributed by atoms with Gasteiger partial charge < -0.3 is 5.73 Å². The highest BCUT2D eigenvalue weighted by Crippen LogP contribution is 2.11. The van der Waals surface area contributed by atoms with Gasteiger partial charge in [-0.3, -0.25) is 4.21 Å². The molecule has 16 heavy (non-hydrogen) atoms. The van der Waals surface area contributed by atoms with Crippen LogP contribution in [0, 0.1) is 13.8 Å². The first-order valence-corrected chi connectivity index (χ1v) is 7.17. The fourth-order valence-electron chi connectivity index (χ4n) is 1.75. The standard InChI is InChI=1S/C13H21NOS/c1-4-13(14)9-16(15)8-12-6-10(2)5-11(3)7-12/h5-7,13H,4,8-9,14H2,1-3H3. The van der Waals surface area contributed by atoms with Gasteiger partial charge in [-0.05, 0) is 25.8 Å². The molecular formula is C13H21NOS. The van der Waals surface area contributed by atoms with Crippen LogP contribution >= 0.6 is 0 Å². The van der Waals surface area contributed by atoms with E-state index in [-0.39, 0.29) is 6.04 Å². The van der Waals surface area contributed by atoms with Gasteiger partial charge in [-0.1, -0.05) is 36.2 Å². The van der Waals surface area contributed by atoms with Gasteiger partial charge in [0.05, 0.1) is 0 Å². The van der Waals surface area contributed by atoms with E-state index in [0.29, 0.717) is 11.5 Å². The van der Waals surface area contributed by atoms with Gasteiger partial charge in [-0.25, -0.2) is 0 Å². The van der Waals surface area contributed by atoms with Crippen molar-refractivity contribution in [2.75, 3.05) is 5.75 Å². The maximum absolute atomic E-state index is 11.8. The Morgan fingerprint density at radius 1 is 1.25 bits per heavy atom. The van der Waals surface area contributed by atoms with Gasteiger partial charge in [-0.2, -0.15) is 0 Å². The topological polar surface area (TPSA) is 43.1 Å². The van der Waals surface area contributed by atoms with Crippen molar-refractivity contribution < 1.29 is 4.21 Å². The zero-order chi connectivity index (χ0) is 12.1. The molecule has 0 aliphatic rings. The Morgan fingerprint density at radius 2 is 1.81 bits per heavy atom. The molecule has 0 aliphatic carbocycles. The van der Waals surface area contributed by atoms with Gasteiger partial charge in [0, 0.05) is 28.3 Å². The molecule has 1 aromatic rings. The molecule has 2 N–H and O–H groups in total. The monoisotopic (exact) mass is 239 g/mol. The molecule has 0 saturated carbocycles. The fourth-order valence-corrected chi connectivity index (χ4v) is 3.12. The van der Waals surface area contributed by atoms with E-state index >= 15 is 0 Å². The molecule has 0 aliphatic heterocycles. The van der Waals surface area contributed by atoms with Crippen LogP contribution in [-0.4, -0.2) is 16.0 Å². The summed E-state index contributed by atoms with van der Waals surface area (Å²) in [5.41, 5.74) is 9.40. The van der Waals surface area contributed by atoms with Crippen molar-refractivity contribution >= 4 is 10.8 Å². The van der Waals surface area contributed by atoms with E-state index in [1.54, 1.807) is 0 Å². The smallest absolute Gasteiger partial charge is 0.0486 e. The molecule has 0 bridgehead atoms. The molecule has 2 unspecified atom stereocenters. The molecule has 90 valence electrons. The Hall–Kier alpha value is -0.670. The van der Waals surface area contributed by atoms with Gasteiger partial charge in [0.15, 0.2) is 0 Å². The van der Waals surface area contributed by atoms with E-state index in [0.717, 1.165) is 12.0 Å². The van der Waals surface area contributed by atoms with Crippen molar-refractivity contribution in [1.82, 2.24) is 0 Å². The quantitative estimate of drug-likeness (QED) is 0.856. The van der Waals surface area contributed by atoms with E-state index in [1.807, 2.05) is 6.92 Å². The van der Waals surface area contributed by atoms with Crippen molar-refractivity contribution in [3.8, 4) is 0 Å². The van der Waals surface area contributed by atoms with Crippen molar-refractivity contribution in [3.63, 3.8) is 0 Å². The Bertz CT molecular complexity index is 356. The van der Waals surface area contributed by atoms with E-state index < -0.39 is 10.8 Å². The minimum atomic E-state index is -0.843. The average Bonchev–Trinajstić information content (AvgIpc) is 2.15. The Morgan fingerprint density at radius 3 is 2.31 bits per heavy atom. The summed E-state index contributed by atoms with van der Waals surface area (Å²) in [7, 11) is -0.843. The molecule has 0 heterocycles. The van der Waals surface area contributed by atoms with Crippen molar-refractivity contribution in [2.45, 2.75) is 39.0 Å². The lowest BCUT2D eigenvalue weighted by atomic mass is 10.1. The number of nitrogens with two attached hydrogens (primary N) is 1. The van der Waals surface area contributed by atoms with E-state index in [1.165, 1.54) is 11.1 Å². The summed E-state index contributed by atoms with van der Waals surface area (Å²) in [6, 6.07) is 6.39. The number of hydrogen-bond acceptors (Lipinski definition) is 2. The first-order chi connectivity index (χ1) is 7.51. The molecule has 3 heteroatoms. The molecular weight excluding hydrogens is 218 g/mol. The second-order valence-electron chi connectivity index (χ2n) is 4.42. The molecule has 0 spiro atoms. The lowest BCUT2D eigenvalue weighted by Crippen LogP contribution is -2.26. The molecule has 0 radical (unpaired) electrons. The van der Waals surface area contributed by atoms with Crippen LogP contribution < -0.4 is 5.73 Å². The SMILES string of the molecule is CCC(N)CS(=O)Cc1cc(C)cc(C)c1. The normalized spacial score (nSPS) is 14.8. The Labute approximate surface area is 101 Å². The number of hydrogen-bond donors (Lipinski definition) is 1. The van der Waals surface area contributed by atoms with Crippen LogP contribution in [0.4, 0.5) is 0 Å². The van der Waals surface area contributed by atoms with Crippen molar-refractivity contribution in [3.05, 3.63) is 34.9 Å². The zero-order valence-electron chi connectivity index (χ0n) is 10.3. The number of aryl methyl sites for hydroxylation is 2. The first kappa shape index (κ1) is 13.4. The minimum absolute atomic E-state index is 0.0618. The first-order valence-electron chi connectivity index (χ1n) is 5.69. The molecule has 0 saturated heterocycles. The summed E-state index contributed by atoms with van der Waals surface area (Å²) in [4.78, 5) is 0. The molecule has 0 aromatic heterocycles. The Kier molecular flexibility index (Phi) is 5.16. The van der Waals surface area contributed by atoms with Crippen LogP contribution in [0.15, 0.2) is 18.2 Å². The summed E-state index contributed by atoms with van der Waals surface area (Å²) in [5.74, 6) is 1.22. The van der Waals surface area contributed by atoms with Crippen LogP contribution in [0.5, 0.6) is 0 Å².